The zero-order valence-corrected chi connectivity index (χ0v) is 15.0. The maximum absolute atomic E-state index is 13.1. The molecule has 1 spiro atoms. The van der Waals surface area contributed by atoms with Crippen molar-refractivity contribution in [1.82, 2.24) is 0 Å². The highest BCUT2D eigenvalue weighted by molar-refractivity contribution is 6.04. The standard InChI is InChI=1S/C20H28O5/c1-10-11-5-6-12-18(2)7-4-8-19(3,17(24)25)13(18)9-14(21)20(12,15(10)22)16(11)23/h11-14,16,21,23H,1,4-9H2,2-3H3,(H,24,25). The summed E-state index contributed by atoms with van der Waals surface area (Å²) in [7, 11) is 0. The molecule has 8 atom stereocenters. The molecule has 0 saturated heterocycles. The average Bonchev–Trinajstić information content (AvgIpc) is 2.66. The topological polar surface area (TPSA) is 94.8 Å². The molecule has 0 amide bonds. The Labute approximate surface area is 148 Å². The van der Waals surface area contributed by atoms with Crippen molar-refractivity contribution < 1.29 is 24.9 Å². The number of carbonyl (C=O) groups is 2. The Balaban J connectivity index is 1.88. The minimum atomic E-state index is -1.18. The number of aliphatic carboxylic acids is 1. The predicted molar refractivity (Wildman–Crippen MR) is 90.6 cm³/mol. The van der Waals surface area contributed by atoms with E-state index in [1.807, 2.05) is 0 Å². The summed E-state index contributed by atoms with van der Waals surface area (Å²) in [6, 6.07) is 0. The molecule has 4 aliphatic rings. The zero-order chi connectivity index (χ0) is 18.4. The van der Waals surface area contributed by atoms with E-state index in [2.05, 4.69) is 13.5 Å². The molecule has 25 heavy (non-hydrogen) atoms. The van der Waals surface area contributed by atoms with Gasteiger partial charge >= 0.3 is 5.97 Å². The first kappa shape index (κ1) is 17.2. The van der Waals surface area contributed by atoms with E-state index in [0.717, 1.165) is 19.3 Å². The van der Waals surface area contributed by atoms with Crippen LogP contribution in [-0.4, -0.2) is 39.3 Å². The van der Waals surface area contributed by atoms with Crippen molar-refractivity contribution >= 4 is 11.8 Å². The molecule has 5 heteroatoms. The second-order valence-electron chi connectivity index (χ2n) is 9.35. The van der Waals surface area contributed by atoms with E-state index < -0.39 is 29.0 Å². The Hall–Kier alpha value is -1.20. The molecule has 0 heterocycles. The summed E-state index contributed by atoms with van der Waals surface area (Å²) in [5.41, 5.74) is -1.98. The Bertz CT molecular complexity index is 671. The van der Waals surface area contributed by atoms with Crippen molar-refractivity contribution in [3.63, 3.8) is 0 Å². The average molecular weight is 348 g/mol. The number of carboxylic acid groups (broad SMARTS) is 1. The molecule has 138 valence electrons. The highest BCUT2D eigenvalue weighted by Crippen LogP contribution is 2.71. The van der Waals surface area contributed by atoms with Crippen molar-refractivity contribution in [3.8, 4) is 0 Å². The molecule has 0 radical (unpaired) electrons. The molecule has 0 aromatic carbocycles. The van der Waals surface area contributed by atoms with Crippen LogP contribution in [0.5, 0.6) is 0 Å². The minimum Gasteiger partial charge on any atom is -0.481 e. The maximum atomic E-state index is 13.1. The van der Waals surface area contributed by atoms with Gasteiger partial charge in [0.05, 0.1) is 23.0 Å². The molecular weight excluding hydrogens is 320 g/mol. The number of carboxylic acids is 1. The van der Waals surface area contributed by atoms with Crippen LogP contribution in [0.4, 0.5) is 0 Å². The van der Waals surface area contributed by atoms with Gasteiger partial charge in [-0.25, -0.2) is 0 Å². The Morgan fingerprint density at radius 3 is 2.48 bits per heavy atom. The van der Waals surface area contributed by atoms with E-state index in [0.29, 0.717) is 18.4 Å². The Morgan fingerprint density at radius 1 is 1.16 bits per heavy atom. The van der Waals surface area contributed by atoms with Crippen LogP contribution in [0.1, 0.15) is 52.4 Å². The number of Topliss-reactive ketones (excluding diaryl/α,β-unsaturated/α-hetero) is 1. The third-order valence-electron chi connectivity index (χ3n) is 8.62. The quantitative estimate of drug-likeness (QED) is 0.631. The van der Waals surface area contributed by atoms with Crippen LogP contribution in [0.15, 0.2) is 12.2 Å². The van der Waals surface area contributed by atoms with Crippen LogP contribution in [0.25, 0.3) is 0 Å². The smallest absolute Gasteiger partial charge is 0.309 e. The number of ketones is 1. The number of fused-ring (bicyclic) bond motifs is 3. The highest BCUT2D eigenvalue weighted by atomic mass is 16.4. The van der Waals surface area contributed by atoms with Gasteiger partial charge in [0.25, 0.3) is 0 Å². The van der Waals surface area contributed by atoms with E-state index in [9.17, 15) is 24.9 Å². The first-order valence-electron chi connectivity index (χ1n) is 9.45. The summed E-state index contributed by atoms with van der Waals surface area (Å²) in [6.45, 7) is 7.80. The fourth-order valence-electron chi connectivity index (χ4n) is 7.38. The second kappa shape index (κ2) is 4.95. The maximum Gasteiger partial charge on any atom is 0.309 e. The van der Waals surface area contributed by atoms with Crippen LogP contribution in [0.3, 0.4) is 0 Å². The fraction of sp³-hybridized carbons (Fsp3) is 0.800. The number of hydrogen-bond donors (Lipinski definition) is 3. The molecular formula is C20H28O5. The van der Waals surface area contributed by atoms with E-state index >= 15 is 0 Å². The molecule has 3 N–H and O–H groups in total. The summed E-state index contributed by atoms with van der Waals surface area (Å²) >= 11 is 0. The van der Waals surface area contributed by atoms with Crippen LogP contribution in [-0.2, 0) is 9.59 Å². The number of carbonyl (C=O) groups excluding carboxylic acids is 1. The first-order valence-corrected chi connectivity index (χ1v) is 9.45. The van der Waals surface area contributed by atoms with Crippen molar-refractivity contribution in [1.29, 1.82) is 0 Å². The predicted octanol–water partition coefficient (Wildman–Crippen LogP) is 2.16. The summed E-state index contributed by atoms with van der Waals surface area (Å²) in [5, 5.41) is 32.0. The van der Waals surface area contributed by atoms with Crippen LogP contribution in [0, 0.1) is 34.0 Å². The van der Waals surface area contributed by atoms with Gasteiger partial charge < -0.3 is 15.3 Å². The van der Waals surface area contributed by atoms with Crippen LogP contribution in [0.2, 0.25) is 0 Å². The summed E-state index contributed by atoms with van der Waals surface area (Å²) in [5.74, 6) is -1.63. The molecule has 4 rings (SSSR count). The molecule has 0 aliphatic heterocycles. The second-order valence-corrected chi connectivity index (χ2v) is 9.35. The zero-order valence-electron chi connectivity index (χ0n) is 15.0. The van der Waals surface area contributed by atoms with Gasteiger partial charge in [0.2, 0.25) is 0 Å². The van der Waals surface area contributed by atoms with Gasteiger partial charge in [0, 0.05) is 5.92 Å². The fourth-order valence-corrected chi connectivity index (χ4v) is 7.38. The van der Waals surface area contributed by atoms with Crippen molar-refractivity contribution in [2.75, 3.05) is 0 Å². The monoisotopic (exact) mass is 348 g/mol. The lowest BCUT2D eigenvalue weighted by molar-refractivity contribution is -0.229. The van der Waals surface area contributed by atoms with E-state index in [4.69, 9.17) is 0 Å². The lowest BCUT2D eigenvalue weighted by atomic mass is 9.39. The van der Waals surface area contributed by atoms with Gasteiger partial charge in [0.15, 0.2) is 5.78 Å². The number of rotatable bonds is 1. The molecule has 4 aliphatic carbocycles. The number of hydrogen-bond acceptors (Lipinski definition) is 4. The summed E-state index contributed by atoms with van der Waals surface area (Å²) in [4.78, 5) is 25.2. The molecule has 0 aromatic rings. The van der Waals surface area contributed by atoms with Crippen LogP contribution >= 0.6 is 0 Å². The molecule has 5 nitrogen and oxygen atoms in total. The molecule has 0 aromatic heterocycles. The van der Waals surface area contributed by atoms with Gasteiger partial charge in [-0.3, -0.25) is 9.59 Å². The lowest BCUT2D eigenvalue weighted by Crippen LogP contribution is -2.67. The van der Waals surface area contributed by atoms with Gasteiger partial charge in [0.1, 0.15) is 0 Å². The van der Waals surface area contributed by atoms with Crippen molar-refractivity contribution in [3.05, 3.63) is 12.2 Å². The molecule has 4 fully saturated rings. The molecule has 2 bridgehead atoms. The van der Waals surface area contributed by atoms with Crippen molar-refractivity contribution in [2.24, 2.45) is 34.0 Å². The summed E-state index contributed by atoms with van der Waals surface area (Å²) < 4.78 is 0. The van der Waals surface area contributed by atoms with Gasteiger partial charge in [-0.2, -0.15) is 0 Å². The Morgan fingerprint density at radius 2 is 1.84 bits per heavy atom. The van der Waals surface area contributed by atoms with E-state index in [-0.39, 0.29) is 35.4 Å². The summed E-state index contributed by atoms with van der Waals surface area (Å²) in [6.07, 6.45) is 2.04. The third-order valence-corrected chi connectivity index (χ3v) is 8.62. The minimum absolute atomic E-state index is 0.178. The molecule has 4 saturated carbocycles. The van der Waals surface area contributed by atoms with Crippen LogP contribution < -0.4 is 0 Å². The van der Waals surface area contributed by atoms with E-state index in [1.54, 1.807) is 6.92 Å². The van der Waals surface area contributed by atoms with Crippen molar-refractivity contribution in [2.45, 2.75) is 64.6 Å². The first-order chi connectivity index (χ1) is 11.6. The van der Waals surface area contributed by atoms with Gasteiger partial charge in [-0.1, -0.05) is 19.9 Å². The van der Waals surface area contributed by atoms with Gasteiger partial charge in [-0.05, 0) is 61.9 Å². The largest absolute Gasteiger partial charge is 0.481 e. The Kier molecular flexibility index (Phi) is 3.41. The third kappa shape index (κ3) is 1.72. The normalized spacial score (nSPS) is 54.8. The lowest BCUT2D eigenvalue weighted by Gasteiger charge is -2.64. The molecule has 8 unspecified atom stereocenters. The number of aliphatic hydroxyl groups is 2. The SMILES string of the molecule is C=C1C(=O)C23C(O)CC4C(C)(C(=O)O)CCCC4(C)C2CCC1C3O. The number of aliphatic hydroxyl groups excluding tert-OH is 2. The van der Waals surface area contributed by atoms with E-state index in [1.165, 1.54) is 0 Å². The van der Waals surface area contributed by atoms with Gasteiger partial charge in [-0.15, -0.1) is 0 Å². The highest BCUT2D eigenvalue weighted by Gasteiger charge is 2.74.